The minimum Gasteiger partial charge on any atom is -0.337 e. The molecule has 3 aliphatic rings. The number of nitrogens with zero attached hydrogens (tertiary/aromatic N) is 2. The largest absolute Gasteiger partial charge is 0.337 e. The van der Waals surface area contributed by atoms with Gasteiger partial charge in [0.15, 0.2) is 0 Å². The van der Waals surface area contributed by atoms with Crippen LogP contribution in [0.3, 0.4) is 0 Å². The monoisotopic (exact) mass is 279 g/mol. The van der Waals surface area contributed by atoms with Crippen molar-refractivity contribution in [3.8, 4) is 0 Å². The van der Waals surface area contributed by atoms with Gasteiger partial charge in [-0.2, -0.15) is 0 Å². The summed E-state index contributed by atoms with van der Waals surface area (Å²) in [4.78, 5) is 17.3. The first-order chi connectivity index (χ1) is 9.65. The van der Waals surface area contributed by atoms with Crippen LogP contribution in [-0.4, -0.2) is 60.5 Å². The van der Waals surface area contributed by atoms with Crippen LogP contribution in [0.2, 0.25) is 0 Å². The zero-order valence-corrected chi connectivity index (χ0v) is 13.0. The Labute approximate surface area is 122 Å². The van der Waals surface area contributed by atoms with Gasteiger partial charge in [-0.05, 0) is 52.1 Å². The van der Waals surface area contributed by atoms with Crippen LogP contribution in [0.5, 0.6) is 0 Å². The molecule has 2 heterocycles. The van der Waals surface area contributed by atoms with Gasteiger partial charge in [0.05, 0.1) is 6.04 Å². The summed E-state index contributed by atoms with van der Waals surface area (Å²) in [6.45, 7) is 5.24. The molecule has 0 spiro atoms. The fourth-order valence-electron chi connectivity index (χ4n) is 4.41. The van der Waals surface area contributed by atoms with Gasteiger partial charge in [0, 0.05) is 25.2 Å². The molecule has 2 aliphatic heterocycles. The van der Waals surface area contributed by atoms with Gasteiger partial charge in [0.1, 0.15) is 0 Å². The Hall–Kier alpha value is -0.610. The summed E-state index contributed by atoms with van der Waals surface area (Å²) in [5, 5.41) is 3.64. The molecule has 114 valence electrons. The van der Waals surface area contributed by atoms with Crippen molar-refractivity contribution < 1.29 is 4.79 Å². The van der Waals surface area contributed by atoms with Crippen molar-refractivity contribution in [2.45, 2.75) is 63.6 Å². The SMILES string of the molecule is CC1CN(C)CCCN1C(=O)C1CC2CCCCC2N1. The first-order valence-corrected chi connectivity index (χ1v) is 8.40. The minimum atomic E-state index is 0.0916. The quantitative estimate of drug-likeness (QED) is 0.789. The lowest BCUT2D eigenvalue weighted by Crippen LogP contribution is -2.50. The van der Waals surface area contributed by atoms with Gasteiger partial charge in [-0.25, -0.2) is 0 Å². The van der Waals surface area contributed by atoms with Crippen LogP contribution in [0, 0.1) is 5.92 Å². The van der Waals surface area contributed by atoms with Gasteiger partial charge in [0.25, 0.3) is 0 Å². The summed E-state index contributed by atoms with van der Waals surface area (Å²) in [5.41, 5.74) is 0. The van der Waals surface area contributed by atoms with Crippen molar-refractivity contribution in [2.75, 3.05) is 26.7 Å². The third kappa shape index (κ3) is 2.86. The molecule has 3 rings (SSSR count). The summed E-state index contributed by atoms with van der Waals surface area (Å²) < 4.78 is 0. The van der Waals surface area contributed by atoms with E-state index in [1.54, 1.807) is 0 Å². The number of nitrogens with one attached hydrogen (secondary N) is 1. The van der Waals surface area contributed by atoms with E-state index in [0.29, 0.717) is 18.0 Å². The van der Waals surface area contributed by atoms with E-state index in [1.807, 2.05) is 0 Å². The van der Waals surface area contributed by atoms with Crippen LogP contribution in [0.25, 0.3) is 0 Å². The summed E-state index contributed by atoms with van der Waals surface area (Å²) in [6.07, 6.45) is 7.45. The highest BCUT2D eigenvalue weighted by Crippen LogP contribution is 2.34. The van der Waals surface area contributed by atoms with E-state index >= 15 is 0 Å². The van der Waals surface area contributed by atoms with E-state index in [4.69, 9.17) is 0 Å². The Morgan fingerprint density at radius 1 is 1.15 bits per heavy atom. The first-order valence-electron chi connectivity index (χ1n) is 8.40. The number of hydrogen-bond donors (Lipinski definition) is 1. The predicted octanol–water partition coefficient (Wildman–Crippen LogP) is 1.46. The van der Waals surface area contributed by atoms with Gasteiger partial charge in [-0.3, -0.25) is 4.79 Å². The molecule has 4 atom stereocenters. The molecule has 1 saturated carbocycles. The van der Waals surface area contributed by atoms with E-state index in [2.05, 4.69) is 29.1 Å². The molecule has 4 unspecified atom stereocenters. The molecule has 0 aromatic heterocycles. The molecule has 4 heteroatoms. The number of hydrogen-bond acceptors (Lipinski definition) is 3. The number of amides is 1. The number of likely N-dealkylation sites (N-methyl/N-ethyl adjacent to an activating group) is 1. The Morgan fingerprint density at radius 3 is 2.75 bits per heavy atom. The highest BCUT2D eigenvalue weighted by Gasteiger charge is 2.40. The lowest BCUT2D eigenvalue weighted by Gasteiger charge is -2.30. The van der Waals surface area contributed by atoms with Crippen molar-refractivity contribution in [1.82, 2.24) is 15.1 Å². The molecule has 1 N–H and O–H groups in total. The van der Waals surface area contributed by atoms with E-state index in [1.165, 1.54) is 25.7 Å². The molecule has 3 fully saturated rings. The summed E-state index contributed by atoms with van der Waals surface area (Å²) in [7, 11) is 2.16. The standard InChI is InChI=1S/C16H29N3O/c1-12-11-18(2)8-5-9-19(12)16(20)15-10-13-6-3-4-7-14(13)17-15/h12-15,17H,3-11H2,1-2H3. The molecule has 1 aliphatic carbocycles. The highest BCUT2D eigenvalue weighted by atomic mass is 16.2. The second-order valence-electron chi connectivity index (χ2n) is 7.10. The van der Waals surface area contributed by atoms with Crippen molar-refractivity contribution in [3.05, 3.63) is 0 Å². The minimum absolute atomic E-state index is 0.0916. The van der Waals surface area contributed by atoms with Crippen molar-refractivity contribution in [3.63, 3.8) is 0 Å². The fraction of sp³-hybridized carbons (Fsp3) is 0.938. The summed E-state index contributed by atoms with van der Waals surface area (Å²) in [5.74, 6) is 1.12. The fourth-order valence-corrected chi connectivity index (χ4v) is 4.41. The molecule has 20 heavy (non-hydrogen) atoms. The molecule has 0 bridgehead atoms. The average molecular weight is 279 g/mol. The van der Waals surface area contributed by atoms with E-state index in [9.17, 15) is 4.79 Å². The highest BCUT2D eigenvalue weighted by molar-refractivity contribution is 5.82. The molecule has 1 amide bonds. The predicted molar refractivity (Wildman–Crippen MR) is 80.6 cm³/mol. The second kappa shape index (κ2) is 6.02. The van der Waals surface area contributed by atoms with E-state index in [-0.39, 0.29) is 6.04 Å². The normalized spacial score (nSPS) is 39.4. The zero-order chi connectivity index (χ0) is 14.1. The maximum absolute atomic E-state index is 12.9. The average Bonchev–Trinajstić information content (AvgIpc) is 2.79. The maximum Gasteiger partial charge on any atom is 0.240 e. The van der Waals surface area contributed by atoms with Crippen LogP contribution in [-0.2, 0) is 4.79 Å². The summed E-state index contributed by atoms with van der Waals surface area (Å²) >= 11 is 0. The third-order valence-corrected chi connectivity index (χ3v) is 5.49. The van der Waals surface area contributed by atoms with Crippen LogP contribution in [0.4, 0.5) is 0 Å². The zero-order valence-electron chi connectivity index (χ0n) is 13.0. The Morgan fingerprint density at radius 2 is 1.95 bits per heavy atom. The van der Waals surface area contributed by atoms with E-state index in [0.717, 1.165) is 38.4 Å². The molecular formula is C16H29N3O. The Kier molecular flexibility index (Phi) is 4.32. The van der Waals surface area contributed by atoms with Gasteiger partial charge in [-0.1, -0.05) is 12.8 Å². The van der Waals surface area contributed by atoms with Gasteiger partial charge >= 0.3 is 0 Å². The molecule has 0 aromatic carbocycles. The van der Waals surface area contributed by atoms with Crippen LogP contribution in [0.1, 0.15) is 45.4 Å². The number of rotatable bonds is 1. The van der Waals surface area contributed by atoms with Gasteiger partial charge in [-0.15, -0.1) is 0 Å². The topological polar surface area (TPSA) is 35.6 Å². The lowest BCUT2D eigenvalue weighted by molar-refractivity contribution is -0.135. The maximum atomic E-state index is 12.9. The third-order valence-electron chi connectivity index (χ3n) is 5.49. The molecule has 4 nitrogen and oxygen atoms in total. The molecule has 0 aromatic rings. The lowest BCUT2D eigenvalue weighted by atomic mass is 9.85. The Balaban J connectivity index is 1.63. The first kappa shape index (κ1) is 14.3. The van der Waals surface area contributed by atoms with Crippen molar-refractivity contribution in [1.29, 1.82) is 0 Å². The van der Waals surface area contributed by atoms with Gasteiger partial charge in [0.2, 0.25) is 5.91 Å². The van der Waals surface area contributed by atoms with E-state index < -0.39 is 0 Å². The van der Waals surface area contributed by atoms with Crippen LogP contribution < -0.4 is 5.32 Å². The Bertz CT molecular complexity index is 346. The number of fused-ring (bicyclic) bond motifs is 1. The van der Waals surface area contributed by atoms with Crippen molar-refractivity contribution in [2.24, 2.45) is 5.92 Å². The number of carbonyl (C=O) groups is 1. The second-order valence-corrected chi connectivity index (χ2v) is 7.10. The van der Waals surface area contributed by atoms with Gasteiger partial charge < -0.3 is 15.1 Å². The van der Waals surface area contributed by atoms with Crippen molar-refractivity contribution >= 4 is 5.91 Å². The molecule has 2 saturated heterocycles. The number of carbonyl (C=O) groups excluding carboxylic acids is 1. The summed E-state index contributed by atoms with van der Waals surface area (Å²) in [6, 6.07) is 1.05. The smallest absolute Gasteiger partial charge is 0.240 e. The molecule has 0 radical (unpaired) electrons. The van der Waals surface area contributed by atoms with Crippen LogP contribution >= 0.6 is 0 Å². The molecular weight excluding hydrogens is 250 g/mol. The van der Waals surface area contributed by atoms with Crippen LogP contribution in [0.15, 0.2) is 0 Å².